The first-order valence-corrected chi connectivity index (χ1v) is 17.1. The Morgan fingerprint density at radius 2 is 1.47 bits per heavy atom. The van der Waals surface area contributed by atoms with Gasteiger partial charge in [0.15, 0.2) is 5.52 Å². The molecule has 38 heavy (non-hydrogen) atoms. The van der Waals surface area contributed by atoms with Gasteiger partial charge in [-0.2, -0.15) is 25.3 Å². The van der Waals surface area contributed by atoms with Crippen LogP contribution in [0.4, 0.5) is 5.82 Å². The number of fused-ring (bicyclic) bond motifs is 3. The first-order valence-electron chi connectivity index (χ1n) is 11.1. The zero-order chi connectivity index (χ0) is 28.2. The van der Waals surface area contributed by atoms with E-state index < -0.39 is 66.9 Å². The first-order chi connectivity index (χ1) is 17.5. The molecule has 0 radical (unpaired) electrons. The van der Waals surface area contributed by atoms with Gasteiger partial charge in [-0.15, -0.1) is 11.6 Å². The van der Waals surface area contributed by atoms with Crippen LogP contribution in [0.3, 0.4) is 0 Å². The Hall–Kier alpha value is -1.71. The van der Waals surface area contributed by atoms with Gasteiger partial charge in [-0.05, 0) is 0 Å². The first kappa shape index (κ1) is 29.3. The summed E-state index contributed by atoms with van der Waals surface area (Å²) < 4.78 is 90.1. The van der Waals surface area contributed by atoms with Gasteiger partial charge >= 0.3 is 0 Å². The Morgan fingerprint density at radius 1 is 0.947 bits per heavy atom. The van der Waals surface area contributed by atoms with Crippen molar-refractivity contribution >= 4 is 58.9 Å². The predicted octanol–water partition coefficient (Wildman–Crippen LogP) is -2.91. The number of aromatic nitrogens is 4. The molecular weight excluding hydrogens is 594 g/mol. The molecule has 0 aromatic carbocycles. The zero-order valence-electron chi connectivity index (χ0n) is 20.4. The van der Waals surface area contributed by atoms with E-state index in [-0.39, 0.29) is 5.65 Å². The van der Waals surface area contributed by atoms with Crippen LogP contribution in [0.5, 0.6) is 0 Å². The molecular formula is C18H27ClN5O11S3+. The number of nitrogens with zero attached hydrogens (tertiary/aromatic N) is 5. The largest absolute Gasteiger partial charge is 0.388 e. The van der Waals surface area contributed by atoms with E-state index in [0.29, 0.717) is 55.6 Å². The Labute approximate surface area is 224 Å². The van der Waals surface area contributed by atoms with Crippen LogP contribution in [0, 0.1) is 0 Å². The normalized spacial score (nSPS) is 28.6. The second kappa shape index (κ2) is 10.4. The highest BCUT2D eigenvalue weighted by Crippen LogP contribution is 2.38. The van der Waals surface area contributed by atoms with Crippen molar-refractivity contribution in [2.45, 2.75) is 43.1 Å². The number of imidazole rings is 1. The molecule has 0 bridgehead atoms. The smallest absolute Gasteiger partial charge is 0.264 e. The topological polar surface area (TPSA) is 208 Å². The molecule has 2 aliphatic rings. The molecule has 0 spiro atoms. The summed E-state index contributed by atoms with van der Waals surface area (Å²) in [6.07, 6.45) is -5.41. The molecule has 1 aliphatic heterocycles. The number of halogens is 1. The third kappa shape index (κ3) is 6.04. The third-order valence-electron chi connectivity index (χ3n) is 6.04. The molecule has 1 saturated carbocycles. The van der Waals surface area contributed by atoms with Gasteiger partial charge in [0.2, 0.25) is 12.0 Å². The molecule has 4 rings (SSSR count). The molecule has 2 aromatic heterocycles. The summed E-state index contributed by atoms with van der Waals surface area (Å²) in [6.45, 7) is 1.74. The van der Waals surface area contributed by atoms with Gasteiger partial charge in [0.05, 0.1) is 50.1 Å². The van der Waals surface area contributed by atoms with E-state index in [1.54, 1.807) is 0 Å². The predicted molar refractivity (Wildman–Crippen MR) is 131 cm³/mol. The number of alkyl halides is 1. The SMILES string of the molecule is CS(=O)(=O)OC1[C@@H](OS(C)(=O)=O)[C@@H](O)C(n2cnc3c4[n+](cnc32)CCN4CCCl)[C@@H](O)[C@H]1OS(C)(=O)=O. The number of hydrogen-bond donors (Lipinski definition) is 2. The Kier molecular flexibility index (Phi) is 7.98. The van der Waals surface area contributed by atoms with Crippen LogP contribution in [0.25, 0.3) is 11.2 Å². The number of anilines is 1. The monoisotopic (exact) mass is 620 g/mol. The summed E-state index contributed by atoms with van der Waals surface area (Å²) in [6, 6.07) is -1.56. The standard InChI is InChI=1S/C18H27ClN5O11S3/c1-36(27,28)33-14-12(25)11(13(26)15(34-37(2,29)30)16(14)35-38(3,31)32)24-9-20-10-17(24)21-8-23-7-6-22(5-4-19)18(10)23/h8-9,11-16,25-26H,4-7H2,1-3H3/q+1/t11?,12-,13+,14-,15+,16?. The maximum Gasteiger partial charge on any atom is 0.264 e. The minimum Gasteiger partial charge on any atom is -0.388 e. The van der Waals surface area contributed by atoms with Gasteiger partial charge in [-0.3, -0.25) is 22.0 Å². The van der Waals surface area contributed by atoms with Crippen molar-refractivity contribution in [3.63, 3.8) is 0 Å². The summed E-state index contributed by atoms with van der Waals surface area (Å²) in [7, 11) is -13.1. The van der Waals surface area contributed by atoms with Gasteiger partial charge in [0.1, 0.15) is 37.1 Å². The molecule has 0 amide bonds. The number of aliphatic hydroxyl groups excluding tert-OH is 2. The van der Waals surface area contributed by atoms with Crippen molar-refractivity contribution < 1.29 is 52.6 Å². The minimum absolute atomic E-state index is 0.152. The summed E-state index contributed by atoms with van der Waals surface area (Å²) in [5.41, 5.74) is 0.518. The van der Waals surface area contributed by atoms with Crippen LogP contribution >= 0.6 is 11.6 Å². The van der Waals surface area contributed by atoms with Gasteiger partial charge in [0, 0.05) is 0 Å². The maximum absolute atomic E-state index is 12.1. The van der Waals surface area contributed by atoms with Crippen LogP contribution in [-0.2, 0) is 49.4 Å². The number of aliphatic hydroxyl groups is 2. The molecule has 6 atom stereocenters. The Balaban J connectivity index is 1.87. The number of rotatable bonds is 9. The van der Waals surface area contributed by atoms with Crippen molar-refractivity contribution in [1.82, 2.24) is 14.5 Å². The van der Waals surface area contributed by atoms with Crippen molar-refractivity contribution in [3.8, 4) is 0 Å². The van der Waals surface area contributed by atoms with Gasteiger partial charge in [0.25, 0.3) is 36.2 Å². The van der Waals surface area contributed by atoms with Gasteiger partial charge < -0.3 is 10.2 Å². The van der Waals surface area contributed by atoms with Crippen molar-refractivity contribution in [1.29, 1.82) is 0 Å². The fraction of sp³-hybridized carbons (Fsp3) is 0.722. The third-order valence-corrected chi connectivity index (χ3v) is 7.92. The summed E-state index contributed by atoms with van der Waals surface area (Å²) >= 11 is 5.92. The summed E-state index contributed by atoms with van der Waals surface area (Å²) in [5.74, 6) is 1.00. The van der Waals surface area contributed by atoms with Crippen LogP contribution in [0.2, 0.25) is 0 Å². The minimum atomic E-state index is -4.39. The lowest BCUT2D eigenvalue weighted by atomic mass is 9.83. The van der Waals surface area contributed by atoms with E-state index in [1.807, 2.05) is 9.47 Å². The molecule has 214 valence electrons. The molecule has 2 N–H and O–H groups in total. The van der Waals surface area contributed by atoms with E-state index in [0.717, 1.165) is 0 Å². The van der Waals surface area contributed by atoms with Crippen molar-refractivity contribution in [3.05, 3.63) is 12.7 Å². The molecule has 20 heteroatoms. The van der Waals surface area contributed by atoms with E-state index >= 15 is 0 Å². The van der Waals surface area contributed by atoms with Crippen LogP contribution in [0.1, 0.15) is 6.04 Å². The van der Waals surface area contributed by atoms with Crippen molar-refractivity contribution in [2.75, 3.05) is 42.6 Å². The second-order valence-electron chi connectivity index (χ2n) is 9.03. The molecule has 1 fully saturated rings. The lowest BCUT2D eigenvalue weighted by Gasteiger charge is -2.45. The molecule has 2 aromatic rings. The van der Waals surface area contributed by atoms with Crippen LogP contribution in [-0.4, -0.2) is 118 Å². The van der Waals surface area contributed by atoms with E-state index in [1.165, 1.54) is 17.2 Å². The van der Waals surface area contributed by atoms with E-state index in [4.69, 9.17) is 24.2 Å². The molecule has 2 unspecified atom stereocenters. The summed E-state index contributed by atoms with van der Waals surface area (Å²) in [4.78, 5) is 10.7. The molecule has 16 nitrogen and oxygen atoms in total. The van der Waals surface area contributed by atoms with Crippen molar-refractivity contribution in [2.24, 2.45) is 0 Å². The fourth-order valence-electron chi connectivity index (χ4n) is 4.76. The molecule has 3 heterocycles. The average molecular weight is 621 g/mol. The zero-order valence-corrected chi connectivity index (χ0v) is 23.6. The highest BCUT2D eigenvalue weighted by molar-refractivity contribution is 7.86. The lowest BCUT2D eigenvalue weighted by molar-refractivity contribution is -0.672. The number of hydrogen-bond acceptors (Lipinski definition) is 14. The molecule has 1 aliphatic carbocycles. The lowest BCUT2D eigenvalue weighted by Crippen LogP contribution is -2.64. The van der Waals surface area contributed by atoms with E-state index in [2.05, 4.69) is 9.97 Å². The van der Waals surface area contributed by atoms with Gasteiger partial charge in [-0.25, -0.2) is 9.55 Å². The Bertz CT molecular complexity index is 1480. The highest BCUT2D eigenvalue weighted by Gasteiger charge is 2.56. The molecule has 0 saturated heterocycles. The maximum atomic E-state index is 12.1. The van der Waals surface area contributed by atoms with Gasteiger partial charge in [-0.1, -0.05) is 4.98 Å². The second-order valence-corrected chi connectivity index (χ2v) is 14.2. The quantitative estimate of drug-likeness (QED) is 0.164. The average Bonchev–Trinajstić information content (AvgIpc) is 3.36. The summed E-state index contributed by atoms with van der Waals surface area (Å²) in [5, 5.41) is 22.5. The van der Waals surface area contributed by atoms with Crippen LogP contribution < -0.4 is 9.47 Å². The fourth-order valence-corrected chi connectivity index (χ4v) is 6.84. The Morgan fingerprint density at radius 3 is 1.97 bits per heavy atom. The van der Waals surface area contributed by atoms with E-state index in [9.17, 15) is 35.5 Å². The van der Waals surface area contributed by atoms with Crippen LogP contribution in [0.15, 0.2) is 12.7 Å². The highest BCUT2D eigenvalue weighted by atomic mass is 35.5.